The highest BCUT2D eigenvalue weighted by Gasteiger charge is 2.14. The van der Waals surface area contributed by atoms with E-state index in [-0.39, 0.29) is 18.6 Å². The summed E-state index contributed by atoms with van der Waals surface area (Å²) in [6, 6.07) is 23.5. The second-order valence-corrected chi connectivity index (χ2v) is 6.63. The predicted octanol–water partition coefficient (Wildman–Crippen LogP) is 4.49. The van der Waals surface area contributed by atoms with Crippen LogP contribution in [0.1, 0.15) is 18.8 Å². The van der Waals surface area contributed by atoms with Crippen LogP contribution >= 0.6 is 0 Å². The lowest BCUT2D eigenvalue weighted by Crippen LogP contribution is -2.31. The van der Waals surface area contributed by atoms with Gasteiger partial charge in [-0.25, -0.2) is 4.98 Å². The Balaban J connectivity index is 1.35. The van der Waals surface area contributed by atoms with Crippen LogP contribution in [0.5, 0.6) is 5.75 Å². The minimum absolute atomic E-state index is 0.0467. The Morgan fingerprint density at radius 2 is 1.79 bits per heavy atom. The molecular weight excluding hydrogens is 350 g/mol. The van der Waals surface area contributed by atoms with Crippen molar-refractivity contribution in [3.8, 4) is 17.0 Å². The van der Waals surface area contributed by atoms with E-state index >= 15 is 0 Å². The number of nitrogens with one attached hydrogen (secondary N) is 2. The van der Waals surface area contributed by atoms with E-state index < -0.39 is 0 Å². The summed E-state index contributed by atoms with van der Waals surface area (Å²) in [5.41, 5.74) is 1.98. The monoisotopic (exact) mass is 371 g/mol. The number of hydrogen-bond acceptors (Lipinski definition) is 3. The molecule has 0 saturated carbocycles. The molecule has 140 valence electrons. The van der Waals surface area contributed by atoms with E-state index in [4.69, 9.17) is 4.74 Å². The molecule has 1 aromatic heterocycles. The molecule has 0 bridgehead atoms. The number of nitrogens with zero attached hydrogens (tertiary/aromatic N) is 1. The quantitative estimate of drug-likeness (QED) is 0.525. The van der Waals surface area contributed by atoms with E-state index in [0.29, 0.717) is 11.6 Å². The third-order valence-corrected chi connectivity index (χ3v) is 4.56. The predicted molar refractivity (Wildman–Crippen MR) is 110 cm³/mol. The Morgan fingerprint density at radius 1 is 1.04 bits per heavy atom. The van der Waals surface area contributed by atoms with E-state index in [0.717, 1.165) is 22.0 Å². The lowest BCUT2D eigenvalue weighted by Gasteiger charge is -2.12. The minimum Gasteiger partial charge on any atom is -0.484 e. The molecule has 4 aromatic rings. The molecule has 5 nitrogen and oxygen atoms in total. The van der Waals surface area contributed by atoms with Crippen molar-refractivity contribution >= 4 is 16.7 Å². The first-order valence-electron chi connectivity index (χ1n) is 9.20. The maximum absolute atomic E-state index is 12.3. The summed E-state index contributed by atoms with van der Waals surface area (Å²) in [7, 11) is 0. The fraction of sp³-hybridized carbons (Fsp3) is 0.130. The van der Waals surface area contributed by atoms with Gasteiger partial charge in [0.25, 0.3) is 5.91 Å². The van der Waals surface area contributed by atoms with Gasteiger partial charge in [-0.1, -0.05) is 60.7 Å². The van der Waals surface area contributed by atoms with Crippen LogP contribution < -0.4 is 10.1 Å². The van der Waals surface area contributed by atoms with Gasteiger partial charge in [-0.15, -0.1) is 0 Å². The largest absolute Gasteiger partial charge is 0.484 e. The Morgan fingerprint density at radius 3 is 2.61 bits per heavy atom. The van der Waals surface area contributed by atoms with E-state index in [1.54, 1.807) is 6.20 Å². The number of fused-ring (bicyclic) bond motifs is 1. The molecule has 0 spiro atoms. The Bertz CT molecular complexity index is 1090. The Hall–Kier alpha value is -3.60. The van der Waals surface area contributed by atoms with Crippen molar-refractivity contribution < 1.29 is 9.53 Å². The summed E-state index contributed by atoms with van der Waals surface area (Å²) in [6.45, 7) is 1.84. The number of H-pyrrole nitrogens is 1. The second kappa shape index (κ2) is 7.96. The first-order valence-corrected chi connectivity index (χ1v) is 9.20. The molecular formula is C23H21N3O2. The first kappa shape index (κ1) is 17.8. The number of aromatic amines is 1. The maximum Gasteiger partial charge on any atom is 0.258 e. The number of imidazole rings is 1. The van der Waals surface area contributed by atoms with Gasteiger partial charge in [0.1, 0.15) is 11.6 Å². The number of aromatic nitrogens is 2. The lowest BCUT2D eigenvalue weighted by molar-refractivity contribution is -0.123. The van der Waals surface area contributed by atoms with Crippen molar-refractivity contribution in [2.24, 2.45) is 0 Å². The number of carbonyl (C=O) groups is 1. The molecule has 1 heterocycles. The Kier molecular flexibility index (Phi) is 5.06. The third kappa shape index (κ3) is 4.04. The minimum atomic E-state index is -0.245. The second-order valence-electron chi connectivity index (χ2n) is 6.63. The van der Waals surface area contributed by atoms with Gasteiger partial charge in [-0.05, 0) is 35.4 Å². The number of rotatable bonds is 6. The first-order chi connectivity index (χ1) is 13.7. The zero-order valence-corrected chi connectivity index (χ0v) is 15.6. The SMILES string of the molecule is CC(NC(=O)COc1ccc2ccccc2c1)c1ncc(-c2ccccc2)[nH]1. The summed E-state index contributed by atoms with van der Waals surface area (Å²) < 4.78 is 5.64. The zero-order valence-electron chi connectivity index (χ0n) is 15.6. The van der Waals surface area contributed by atoms with Gasteiger partial charge in [-0.2, -0.15) is 0 Å². The van der Waals surface area contributed by atoms with Gasteiger partial charge in [0.05, 0.1) is 17.9 Å². The molecule has 2 N–H and O–H groups in total. The average Bonchev–Trinajstić information content (AvgIpc) is 3.23. The molecule has 0 fully saturated rings. The van der Waals surface area contributed by atoms with Gasteiger partial charge in [0.15, 0.2) is 6.61 Å². The zero-order chi connectivity index (χ0) is 19.3. The molecule has 0 aliphatic carbocycles. The molecule has 1 unspecified atom stereocenters. The van der Waals surface area contributed by atoms with Crippen LogP contribution in [0, 0.1) is 0 Å². The fourth-order valence-electron chi connectivity index (χ4n) is 3.08. The normalized spacial score (nSPS) is 11.9. The van der Waals surface area contributed by atoms with Crippen molar-refractivity contribution in [3.05, 3.63) is 84.8 Å². The number of ether oxygens (including phenoxy) is 1. The summed E-state index contributed by atoms with van der Waals surface area (Å²) in [5.74, 6) is 1.18. The molecule has 0 radical (unpaired) electrons. The topological polar surface area (TPSA) is 67.0 Å². The number of hydrogen-bond donors (Lipinski definition) is 2. The van der Waals surface area contributed by atoms with Crippen LogP contribution in [-0.4, -0.2) is 22.5 Å². The highest BCUT2D eigenvalue weighted by molar-refractivity contribution is 5.84. The molecule has 4 rings (SSSR count). The standard InChI is InChI=1S/C23H21N3O2/c1-16(23-24-14-21(26-23)18-8-3-2-4-9-18)25-22(27)15-28-20-12-11-17-7-5-6-10-19(17)13-20/h2-14,16H,15H2,1H3,(H,24,26)(H,25,27). The van der Waals surface area contributed by atoms with Crippen molar-refractivity contribution in [3.63, 3.8) is 0 Å². The molecule has 0 aliphatic heterocycles. The van der Waals surface area contributed by atoms with Gasteiger partial charge in [0.2, 0.25) is 0 Å². The van der Waals surface area contributed by atoms with Gasteiger partial charge >= 0.3 is 0 Å². The van der Waals surface area contributed by atoms with Crippen molar-refractivity contribution in [2.75, 3.05) is 6.61 Å². The van der Waals surface area contributed by atoms with E-state index in [1.807, 2.05) is 79.7 Å². The van der Waals surface area contributed by atoms with Gasteiger partial charge < -0.3 is 15.0 Å². The fourth-order valence-corrected chi connectivity index (χ4v) is 3.08. The van der Waals surface area contributed by atoms with E-state index in [1.165, 1.54) is 0 Å². The van der Waals surface area contributed by atoms with Crippen LogP contribution in [0.25, 0.3) is 22.0 Å². The summed E-state index contributed by atoms with van der Waals surface area (Å²) in [6.07, 6.45) is 1.78. The van der Waals surface area contributed by atoms with Gasteiger partial charge in [0, 0.05) is 0 Å². The number of carbonyl (C=O) groups excluding carboxylic acids is 1. The molecule has 3 aromatic carbocycles. The average molecular weight is 371 g/mol. The summed E-state index contributed by atoms with van der Waals surface area (Å²) in [5, 5.41) is 5.13. The molecule has 0 saturated heterocycles. The number of benzene rings is 3. The van der Waals surface area contributed by atoms with Crippen molar-refractivity contribution in [1.82, 2.24) is 15.3 Å². The van der Waals surface area contributed by atoms with Gasteiger partial charge in [-0.3, -0.25) is 4.79 Å². The Labute approximate surface area is 163 Å². The molecule has 5 heteroatoms. The van der Waals surface area contributed by atoms with Crippen LogP contribution in [0.2, 0.25) is 0 Å². The highest BCUT2D eigenvalue weighted by Crippen LogP contribution is 2.21. The maximum atomic E-state index is 12.3. The van der Waals surface area contributed by atoms with Crippen LogP contribution in [0.4, 0.5) is 0 Å². The summed E-state index contributed by atoms with van der Waals surface area (Å²) >= 11 is 0. The van der Waals surface area contributed by atoms with Crippen molar-refractivity contribution in [1.29, 1.82) is 0 Å². The lowest BCUT2D eigenvalue weighted by atomic mass is 10.1. The van der Waals surface area contributed by atoms with Crippen molar-refractivity contribution in [2.45, 2.75) is 13.0 Å². The highest BCUT2D eigenvalue weighted by atomic mass is 16.5. The van der Waals surface area contributed by atoms with E-state index in [2.05, 4.69) is 15.3 Å². The summed E-state index contributed by atoms with van der Waals surface area (Å²) in [4.78, 5) is 19.9. The van der Waals surface area contributed by atoms with Crippen LogP contribution in [0.15, 0.2) is 79.0 Å². The third-order valence-electron chi connectivity index (χ3n) is 4.56. The molecule has 1 amide bonds. The van der Waals surface area contributed by atoms with Crippen LogP contribution in [-0.2, 0) is 4.79 Å². The van der Waals surface area contributed by atoms with Crippen LogP contribution in [0.3, 0.4) is 0 Å². The smallest absolute Gasteiger partial charge is 0.258 e. The molecule has 28 heavy (non-hydrogen) atoms. The molecule has 1 atom stereocenters. The van der Waals surface area contributed by atoms with E-state index in [9.17, 15) is 4.79 Å². The number of amides is 1. The molecule has 0 aliphatic rings.